The summed E-state index contributed by atoms with van der Waals surface area (Å²) in [5.41, 5.74) is -0.144. The first kappa shape index (κ1) is 8.01. The zero-order valence-corrected chi connectivity index (χ0v) is 6.92. The number of hydrogen-bond acceptors (Lipinski definition) is 0. The van der Waals surface area contributed by atoms with Gasteiger partial charge in [0.25, 0.3) is 0 Å². The van der Waals surface area contributed by atoms with Gasteiger partial charge in [-0.25, -0.2) is 0 Å². The highest BCUT2D eigenvalue weighted by Gasteiger charge is 2.27. The van der Waals surface area contributed by atoms with Gasteiger partial charge in [-0.15, -0.1) is 0 Å². The predicted molar refractivity (Wildman–Crippen MR) is 30.0 cm³/mol. The normalized spacial score (nSPS) is 16.5. The number of halogens is 3. The summed E-state index contributed by atoms with van der Waals surface area (Å²) in [5, 5.41) is 0. The van der Waals surface area contributed by atoms with E-state index in [0.29, 0.717) is 10.2 Å². The fraction of sp³-hybridized carbons (Fsp3) is 1.00. The highest BCUT2D eigenvalue weighted by atomic mass is 28.1. The van der Waals surface area contributed by atoms with E-state index in [0.717, 1.165) is 0 Å². The van der Waals surface area contributed by atoms with Crippen LogP contribution in [0.15, 0.2) is 0 Å². The van der Waals surface area contributed by atoms with Crippen molar-refractivity contribution in [1.29, 1.82) is 0 Å². The largest absolute Gasteiger partial charge is 0.389 e. The van der Waals surface area contributed by atoms with Crippen molar-refractivity contribution >= 4 is 10.2 Å². The Hall–Kier alpha value is 0.00688. The Bertz CT molecular complexity index is 66.2. The van der Waals surface area contributed by atoms with Crippen LogP contribution in [-0.2, 0) is 0 Å². The van der Waals surface area contributed by atoms with E-state index in [1.54, 1.807) is 6.92 Å². The van der Waals surface area contributed by atoms with Gasteiger partial charge < -0.3 is 0 Å². The molecule has 0 saturated carbocycles. The Morgan fingerprint density at radius 2 is 1.88 bits per heavy atom. The molecule has 0 aliphatic carbocycles. The van der Waals surface area contributed by atoms with Crippen molar-refractivity contribution in [1.82, 2.24) is 0 Å². The molecular weight excluding hydrogens is 133 g/mol. The summed E-state index contributed by atoms with van der Waals surface area (Å²) in [6.45, 7) is 1.61. The molecule has 8 heavy (non-hydrogen) atoms. The van der Waals surface area contributed by atoms with Gasteiger partial charge in [-0.05, 0) is 5.54 Å². The first-order valence-corrected chi connectivity index (χ1v) is 3.64. The molecule has 0 rings (SSSR count). The summed E-state index contributed by atoms with van der Waals surface area (Å²) in [6, 6.07) is 0. The van der Waals surface area contributed by atoms with E-state index in [2.05, 4.69) is 0 Å². The molecule has 0 aromatic heterocycles. The Kier molecular flexibility index (Phi) is 2.53. The van der Waals surface area contributed by atoms with Crippen LogP contribution < -0.4 is 0 Å². The third-order valence-corrected chi connectivity index (χ3v) is 1.05. The average molecular weight is 142 g/mol. The molecule has 0 aliphatic rings. The maximum Gasteiger partial charge on any atom is 0.389 e. The lowest BCUT2D eigenvalue weighted by atomic mass is 10.3. The molecule has 1 unspecified atom stereocenters. The number of alkyl halides is 3. The molecule has 0 aliphatic heterocycles. The third kappa shape index (κ3) is 6.01. The molecular formula is C4H9F3Si. The zero-order valence-electron chi connectivity index (χ0n) is 4.92. The Morgan fingerprint density at radius 1 is 1.50 bits per heavy atom. The molecule has 0 bridgehead atoms. The van der Waals surface area contributed by atoms with Gasteiger partial charge in [-0.1, -0.05) is 6.92 Å². The van der Waals surface area contributed by atoms with Crippen LogP contribution in [-0.4, -0.2) is 16.4 Å². The van der Waals surface area contributed by atoms with Gasteiger partial charge in [0.2, 0.25) is 0 Å². The summed E-state index contributed by atoms with van der Waals surface area (Å²) in [7, 11) is 0.630. The Morgan fingerprint density at radius 3 is 1.88 bits per heavy atom. The van der Waals surface area contributed by atoms with Gasteiger partial charge in [0.05, 0.1) is 0 Å². The highest BCUT2D eigenvalue weighted by molar-refractivity contribution is 6.11. The predicted octanol–water partition coefficient (Wildman–Crippen LogP) is 1.11. The SMILES string of the molecule is CC([SiH3])CC(F)(F)F. The molecule has 0 aromatic carbocycles. The Labute approximate surface area is 49.5 Å². The van der Waals surface area contributed by atoms with Gasteiger partial charge in [0.1, 0.15) is 0 Å². The molecule has 0 amide bonds. The van der Waals surface area contributed by atoms with Crippen molar-refractivity contribution in [2.24, 2.45) is 0 Å². The van der Waals surface area contributed by atoms with Crippen LogP contribution in [0.5, 0.6) is 0 Å². The van der Waals surface area contributed by atoms with Gasteiger partial charge in [0.15, 0.2) is 0 Å². The molecule has 0 fully saturated rings. The van der Waals surface area contributed by atoms with Crippen LogP contribution in [0.3, 0.4) is 0 Å². The van der Waals surface area contributed by atoms with E-state index in [1.165, 1.54) is 0 Å². The van der Waals surface area contributed by atoms with Crippen LogP contribution in [0.2, 0.25) is 5.54 Å². The molecule has 0 aromatic rings. The van der Waals surface area contributed by atoms with E-state index in [9.17, 15) is 13.2 Å². The number of rotatable bonds is 1. The van der Waals surface area contributed by atoms with E-state index < -0.39 is 12.6 Å². The topological polar surface area (TPSA) is 0 Å². The second-order valence-electron chi connectivity index (χ2n) is 2.21. The molecule has 1 atom stereocenters. The molecule has 0 heterocycles. The van der Waals surface area contributed by atoms with Gasteiger partial charge in [-0.2, -0.15) is 13.2 Å². The Balaban J connectivity index is 3.39. The van der Waals surface area contributed by atoms with E-state index in [4.69, 9.17) is 0 Å². The fourth-order valence-corrected chi connectivity index (χ4v) is 0.926. The smallest absolute Gasteiger partial charge is 0.171 e. The van der Waals surface area contributed by atoms with Crippen LogP contribution in [0.25, 0.3) is 0 Å². The van der Waals surface area contributed by atoms with E-state index in [1.807, 2.05) is 0 Å². The number of hydrogen-bond donors (Lipinski definition) is 0. The highest BCUT2D eigenvalue weighted by Crippen LogP contribution is 2.25. The zero-order chi connectivity index (χ0) is 6.78. The summed E-state index contributed by atoms with van der Waals surface area (Å²) in [5.74, 6) is 0. The molecule has 0 saturated heterocycles. The first-order valence-electron chi connectivity index (χ1n) is 2.48. The van der Waals surface area contributed by atoms with Crippen molar-refractivity contribution in [2.45, 2.75) is 25.1 Å². The van der Waals surface area contributed by atoms with Crippen molar-refractivity contribution in [3.05, 3.63) is 0 Å². The lowest BCUT2D eigenvalue weighted by molar-refractivity contribution is -0.134. The maximum absolute atomic E-state index is 11.3. The lowest BCUT2D eigenvalue weighted by Crippen LogP contribution is -2.09. The van der Waals surface area contributed by atoms with Gasteiger partial charge in [-0.3, -0.25) is 0 Å². The third-order valence-electron chi connectivity index (χ3n) is 0.640. The summed E-state index contributed by atoms with van der Waals surface area (Å²) in [6.07, 6.45) is -4.56. The average Bonchev–Trinajstić information content (AvgIpc) is 1.21. The quantitative estimate of drug-likeness (QED) is 0.481. The van der Waals surface area contributed by atoms with Crippen LogP contribution in [0, 0.1) is 0 Å². The monoisotopic (exact) mass is 142 g/mol. The summed E-state index contributed by atoms with van der Waals surface area (Å²) in [4.78, 5) is 0. The standard InChI is InChI=1S/C4H9F3Si/c1-3(8)2-4(5,6)7/h3H,2H2,1,8H3. The van der Waals surface area contributed by atoms with Crippen molar-refractivity contribution in [2.75, 3.05) is 0 Å². The van der Waals surface area contributed by atoms with Gasteiger partial charge in [0, 0.05) is 16.7 Å². The lowest BCUT2D eigenvalue weighted by Gasteiger charge is -2.07. The summed E-state index contributed by atoms with van der Waals surface area (Å²) < 4.78 is 34.0. The second kappa shape index (κ2) is 2.52. The molecule has 4 heteroatoms. The summed E-state index contributed by atoms with van der Waals surface area (Å²) >= 11 is 0. The molecule has 0 N–H and O–H groups in total. The van der Waals surface area contributed by atoms with E-state index in [-0.39, 0.29) is 5.54 Å². The van der Waals surface area contributed by atoms with E-state index >= 15 is 0 Å². The second-order valence-corrected chi connectivity index (χ2v) is 4.18. The van der Waals surface area contributed by atoms with Crippen LogP contribution in [0.1, 0.15) is 13.3 Å². The minimum absolute atomic E-state index is 0.144. The molecule has 0 radical (unpaired) electrons. The van der Waals surface area contributed by atoms with Crippen LogP contribution >= 0.6 is 0 Å². The fourth-order valence-electron chi connectivity index (χ4n) is 0.463. The molecule has 0 nitrogen and oxygen atoms in total. The van der Waals surface area contributed by atoms with Crippen LogP contribution in [0.4, 0.5) is 13.2 Å². The molecule has 50 valence electrons. The van der Waals surface area contributed by atoms with Crippen molar-refractivity contribution in [3.8, 4) is 0 Å². The molecule has 0 spiro atoms. The van der Waals surface area contributed by atoms with Crippen molar-refractivity contribution < 1.29 is 13.2 Å². The first-order chi connectivity index (χ1) is 3.42. The minimum atomic E-state index is -3.94. The minimum Gasteiger partial charge on any atom is -0.171 e. The van der Waals surface area contributed by atoms with Gasteiger partial charge >= 0.3 is 6.18 Å². The maximum atomic E-state index is 11.3. The van der Waals surface area contributed by atoms with Crippen molar-refractivity contribution in [3.63, 3.8) is 0 Å².